The van der Waals surface area contributed by atoms with Crippen LogP contribution in [0.2, 0.25) is 5.02 Å². The Hall–Kier alpha value is -1.32. The number of ether oxygens (including phenoxy) is 1. The Kier molecular flexibility index (Phi) is 4.84. The van der Waals surface area contributed by atoms with Crippen LogP contribution in [-0.2, 0) is 0 Å². The summed E-state index contributed by atoms with van der Waals surface area (Å²) >= 11 is 9.33. The molecule has 0 aliphatic rings. The summed E-state index contributed by atoms with van der Waals surface area (Å²) in [4.78, 5) is 12.5. The van der Waals surface area contributed by atoms with Gasteiger partial charge in [0.1, 0.15) is 5.75 Å². The van der Waals surface area contributed by atoms with Crippen molar-refractivity contribution in [2.75, 3.05) is 0 Å². The monoisotopic (exact) mass is 352 g/mol. The lowest BCUT2D eigenvalue weighted by Crippen LogP contribution is -2.07. The third kappa shape index (κ3) is 3.62. The van der Waals surface area contributed by atoms with E-state index in [9.17, 15) is 4.79 Å². The maximum absolute atomic E-state index is 12.5. The molecule has 0 radical (unpaired) electrons. The molecule has 0 heterocycles. The van der Waals surface area contributed by atoms with Crippen LogP contribution >= 0.6 is 27.5 Å². The molecule has 2 rings (SSSR count). The summed E-state index contributed by atoms with van der Waals surface area (Å²) in [5.41, 5.74) is 1.12. The molecule has 104 valence electrons. The van der Waals surface area contributed by atoms with E-state index in [1.807, 2.05) is 26.0 Å². The van der Waals surface area contributed by atoms with Crippen LogP contribution in [0, 0.1) is 0 Å². The molecule has 0 spiro atoms. The molecule has 0 unspecified atom stereocenters. The number of hydrogen-bond acceptors (Lipinski definition) is 2. The van der Waals surface area contributed by atoms with Gasteiger partial charge in [0, 0.05) is 20.6 Å². The Balaban J connectivity index is 2.35. The van der Waals surface area contributed by atoms with E-state index < -0.39 is 0 Å². The lowest BCUT2D eigenvalue weighted by Gasteiger charge is -2.11. The Labute approximate surface area is 131 Å². The van der Waals surface area contributed by atoms with Crippen molar-refractivity contribution in [3.8, 4) is 5.75 Å². The second kappa shape index (κ2) is 6.42. The normalized spacial score (nSPS) is 10.7. The number of carbonyl (C=O) groups excluding carboxylic acids is 1. The zero-order valence-corrected chi connectivity index (χ0v) is 13.5. The quantitative estimate of drug-likeness (QED) is 0.713. The van der Waals surface area contributed by atoms with E-state index in [0.29, 0.717) is 21.9 Å². The first-order valence-corrected chi connectivity index (χ1v) is 7.41. The average molecular weight is 354 g/mol. The van der Waals surface area contributed by atoms with Crippen LogP contribution in [0.3, 0.4) is 0 Å². The molecule has 0 amide bonds. The Morgan fingerprint density at radius 2 is 1.95 bits per heavy atom. The SMILES string of the molecule is CC(C)Oc1cccc(C(=O)c2cc(Cl)ccc2Br)c1. The van der Waals surface area contributed by atoms with Crippen molar-refractivity contribution in [1.29, 1.82) is 0 Å². The summed E-state index contributed by atoms with van der Waals surface area (Å²) in [6.07, 6.45) is 0.0678. The van der Waals surface area contributed by atoms with E-state index in [1.165, 1.54) is 0 Å². The van der Waals surface area contributed by atoms with Crippen molar-refractivity contribution in [2.45, 2.75) is 20.0 Å². The molecule has 0 saturated heterocycles. The van der Waals surface area contributed by atoms with E-state index in [0.717, 1.165) is 4.47 Å². The summed E-state index contributed by atoms with van der Waals surface area (Å²) in [6, 6.07) is 12.3. The minimum absolute atomic E-state index is 0.0678. The van der Waals surface area contributed by atoms with Crippen LogP contribution < -0.4 is 4.74 Å². The average Bonchev–Trinajstić information content (AvgIpc) is 2.40. The van der Waals surface area contributed by atoms with E-state index in [-0.39, 0.29) is 11.9 Å². The van der Waals surface area contributed by atoms with Crippen LogP contribution in [0.1, 0.15) is 29.8 Å². The molecular formula is C16H14BrClO2. The smallest absolute Gasteiger partial charge is 0.194 e. The first kappa shape index (κ1) is 15.1. The molecule has 0 aromatic heterocycles. The fourth-order valence-electron chi connectivity index (χ4n) is 1.81. The number of benzene rings is 2. The molecule has 4 heteroatoms. The highest BCUT2D eigenvalue weighted by Gasteiger charge is 2.14. The predicted octanol–water partition coefficient (Wildman–Crippen LogP) is 5.12. The van der Waals surface area contributed by atoms with Crippen molar-refractivity contribution < 1.29 is 9.53 Å². The first-order chi connectivity index (χ1) is 9.47. The maximum Gasteiger partial charge on any atom is 0.194 e. The summed E-state index contributed by atoms with van der Waals surface area (Å²) < 4.78 is 6.33. The summed E-state index contributed by atoms with van der Waals surface area (Å²) in [7, 11) is 0. The third-order valence-electron chi connectivity index (χ3n) is 2.64. The van der Waals surface area contributed by atoms with Gasteiger partial charge in [-0.3, -0.25) is 4.79 Å². The number of carbonyl (C=O) groups is 1. The lowest BCUT2D eigenvalue weighted by molar-refractivity contribution is 0.103. The van der Waals surface area contributed by atoms with Gasteiger partial charge in [-0.1, -0.05) is 39.7 Å². The van der Waals surface area contributed by atoms with Gasteiger partial charge in [-0.25, -0.2) is 0 Å². The number of ketones is 1. The maximum atomic E-state index is 12.5. The molecule has 20 heavy (non-hydrogen) atoms. The molecule has 2 nitrogen and oxygen atoms in total. The van der Waals surface area contributed by atoms with Gasteiger partial charge in [0.05, 0.1) is 6.10 Å². The van der Waals surface area contributed by atoms with Crippen molar-refractivity contribution >= 4 is 33.3 Å². The van der Waals surface area contributed by atoms with Gasteiger partial charge in [0.2, 0.25) is 0 Å². The van der Waals surface area contributed by atoms with Gasteiger partial charge >= 0.3 is 0 Å². The highest BCUT2D eigenvalue weighted by molar-refractivity contribution is 9.10. The van der Waals surface area contributed by atoms with E-state index in [4.69, 9.17) is 16.3 Å². The largest absolute Gasteiger partial charge is 0.491 e. The van der Waals surface area contributed by atoms with Gasteiger partial charge in [0.15, 0.2) is 5.78 Å². The number of rotatable bonds is 4. The van der Waals surface area contributed by atoms with Crippen LogP contribution in [0.5, 0.6) is 5.75 Å². The lowest BCUT2D eigenvalue weighted by atomic mass is 10.0. The van der Waals surface area contributed by atoms with Gasteiger partial charge in [0.25, 0.3) is 0 Å². The topological polar surface area (TPSA) is 26.3 Å². The summed E-state index contributed by atoms with van der Waals surface area (Å²) in [5, 5.41) is 0.533. The van der Waals surface area contributed by atoms with Gasteiger partial charge < -0.3 is 4.74 Å². The molecule has 0 saturated carbocycles. The predicted molar refractivity (Wildman–Crippen MR) is 84.8 cm³/mol. The van der Waals surface area contributed by atoms with Crippen molar-refractivity contribution in [3.05, 3.63) is 63.1 Å². The van der Waals surface area contributed by atoms with E-state index in [1.54, 1.807) is 30.3 Å². The molecular weight excluding hydrogens is 340 g/mol. The van der Waals surface area contributed by atoms with Gasteiger partial charge in [-0.05, 0) is 44.2 Å². The van der Waals surface area contributed by atoms with Crippen LogP contribution in [0.15, 0.2) is 46.9 Å². The summed E-state index contributed by atoms with van der Waals surface area (Å²) in [5.74, 6) is 0.595. The Bertz CT molecular complexity index is 638. The zero-order valence-electron chi connectivity index (χ0n) is 11.2. The Morgan fingerprint density at radius 3 is 2.65 bits per heavy atom. The van der Waals surface area contributed by atoms with Crippen LogP contribution in [0.25, 0.3) is 0 Å². The minimum atomic E-state index is -0.0893. The van der Waals surface area contributed by atoms with Crippen molar-refractivity contribution in [3.63, 3.8) is 0 Å². The number of hydrogen-bond donors (Lipinski definition) is 0. The second-order valence-corrected chi connectivity index (χ2v) is 5.94. The van der Waals surface area contributed by atoms with Crippen molar-refractivity contribution in [1.82, 2.24) is 0 Å². The standard InChI is InChI=1S/C16H14BrClO2/c1-10(2)20-13-5-3-4-11(8-13)16(19)14-9-12(18)6-7-15(14)17/h3-10H,1-2H3. The summed E-state index contributed by atoms with van der Waals surface area (Å²) in [6.45, 7) is 3.89. The highest BCUT2D eigenvalue weighted by atomic mass is 79.9. The first-order valence-electron chi connectivity index (χ1n) is 6.24. The fraction of sp³-hybridized carbons (Fsp3) is 0.188. The molecule has 0 fully saturated rings. The highest BCUT2D eigenvalue weighted by Crippen LogP contribution is 2.25. The Morgan fingerprint density at radius 1 is 1.20 bits per heavy atom. The molecule has 0 bridgehead atoms. The van der Waals surface area contributed by atoms with Gasteiger partial charge in [-0.15, -0.1) is 0 Å². The van der Waals surface area contributed by atoms with Crippen molar-refractivity contribution in [2.24, 2.45) is 0 Å². The van der Waals surface area contributed by atoms with Crippen LogP contribution in [0.4, 0.5) is 0 Å². The number of halogens is 2. The molecule has 0 aliphatic heterocycles. The zero-order chi connectivity index (χ0) is 14.7. The molecule has 2 aromatic rings. The van der Waals surface area contributed by atoms with E-state index in [2.05, 4.69) is 15.9 Å². The second-order valence-electron chi connectivity index (χ2n) is 4.65. The third-order valence-corrected chi connectivity index (χ3v) is 3.57. The molecule has 0 atom stereocenters. The molecule has 2 aromatic carbocycles. The minimum Gasteiger partial charge on any atom is -0.491 e. The molecule has 0 N–H and O–H groups in total. The fourth-order valence-corrected chi connectivity index (χ4v) is 2.41. The molecule has 0 aliphatic carbocycles. The van der Waals surface area contributed by atoms with Gasteiger partial charge in [-0.2, -0.15) is 0 Å². The van der Waals surface area contributed by atoms with E-state index >= 15 is 0 Å². The van der Waals surface area contributed by atoms with Crippen LogP contribution in [-0.4, -0.2) is 11.9 Å².